The first-order valence-electron chi connectivity index (χ1n) is 8.33. The molecule has 0 bridgehead atoms. The lowest BCUT2D eigenvalue weighted by Crippen LogP contribution is -2.42. The molecule has 1 unspecified atom stereocenters. The maximum atomic E-state index is 12.9. The fourth-order valence-electron chi connectivity index (χ4n) is 4.00. The van der Waals surface area contributed by atoms with E-state index >= 15 is 0 Å². The van der Waals surface area contributed by atoms with Gasteiger partial charge >= 0.3 is 0 Å². The molecule has 2 aliphatic rings. The topological polar surface area (TPSA) is 57.7 Å². The molecule has 1 fully saturated rings. The van der Waals surface area contributed by atoms with Gasteiger partial charge in [-0.1, -0.05) is 48.5 Å². The quantitative estimate of drug-likeness (QED) is 0.847. The first-order valence-corrected chi connectivity index (χ1v) is 9.94. The van der Waals surface area contributed by atoms with Gasteiger partial charge in [0.25, 0.3) is 0 Å². The molecule has 1 amide bonds. The van der Waals surface area contributed by atoms with Crippen LogP contribution in [0.4, 0.5) is 5.69 Å². The van der Waals surface area contributed by atoms with Crippen LogP contribution in [0.3, 0.4) is 0 Å². The standard InChI is InChI=1S/C19H20N2O3S/c1-20-17-10-6-5-9-16(17)19(18(20)22)11-12-21(14-19)25(23,24)13-15-7-3-2-4-8-15/h2-10H,11-14H2,1H3. The summed E-state index contributed by atoms with van der Waals surface area (Å²) in [4.78, 5) is 14.6. The Morgan fingerprint density at radius 3 is 2.48 bits per heavy atom. The van der Waals surface area contributed by atoms with E-state index in [-0.39, 0.29) is 18.2 Å². The van der Waals surface area contributed by atoms with Gasteiger partial charge in [0.2, 0.25) is 15.9 Å². The Labute approximate surface area is 147 Å². The van der Waals surface area contributed by atoms with Gasteiger partial charge in [-0.25, -0.2) is 12.7 Å². The normalized spacial score (nSPS) is 23.4. The second kappa shape index (κ2) is 5.68. The van der Waals surface area contributed by atoms with Crippen LogP contribution >= 0.6 is 0 Å². The number of carbonyl (C=O) groups is 1. The molecule has 0 saturated carbocycles. The van der Waals surface area contributed by atoms with Gasteiger partial charge in [0.1, 0.15) is 0 Å². The molecular weight excluding hydrogens is 336 g/mol. The number of anilines is 1. The molecule has 0 aromatic heterocycles. The van der Waals surface area contributed by atoms with Crippen molar-refractivity contribution in [3.63, 3.8) is 0 Å². The van der Waals surface area contributed by atoms with Crippen molar-refractivity contribution in [3.8, 4) is 0 Å². The second-order valence-electron chi connectivity index (χ2n) is 6.79. The van der Waals surface area contributed by atoms with Crippen LogP contribution in [0, 0.1) is 0 Å². The van der Waals surface area contributed by atoms with Crippen molar-refractivity contribution in [2.75, 3.05) is 25.0 Å². The van der Waals surface area contributed by atoms with Gasteiger partial charge in [-0.3, -0.25) is 4.79 Å². The van der Waals surface area contributed by atoms with E-state index in [1.54, 1.807) is 11.9 Å². The minimum atomic E-state index is -3.46. The summed E-state index contributed by atoms with van der Waals surface area (Å²) in [5, 5.41) is 0. The molecule has 0 radical (unpaired) electrons. The van der Waals surface area contributed by atoms with Gasteiger partial charge < -0.3 is 4.90 Å². The van der Waals surface area contributed by atoms with E-state index in [2.05, 4.69) is 0 Å². The minimum absolute atomic E-state index is 0.00823. The summed E-state index contributed by atoms with van der Waals surface area (Å²) < 4.78 is 27.2. The molecule has 0 N–H and O–H groups in total. The Morgan fingerprint density at radius 1 is 1.04 bits per heavy atom. The minimum Gasteiger partial charge on any atom is -0.314 e. The lowest BCUT2D eigenvalue weighted by Gasteiger charge is -2.23. The number of sulfonamides is 1. The summed E-state index contributed by atoms with van der Waals surface area (Å²) in [7, 11) is -1.70. The van der Waals surface area contributed by atoms with E-state index in [1.807, 2.05) is 54.6 Å². The number of carbonyl (C=O) groups excluding carboxylic acids is 1. The summed E-state index contributed by atoms with van der Waals surface area (Å²) in [5.41, 5.74) is 1.85. The molecule has 4 rings (SSSR count). The number of hydrogen-bond donors (Lipinski definition) is 0. The Hall–Kier alpha value is -2.18. The Balaban J connectivity index is 1.64. The van der Waals surface area contributed by atoms with Crippen LogP contribution in [0.15, 0.2) is 54.6 Å². The van der Waals surface area contributed by atoms with Crippen LogP contribution < -0.4 is 4.90 Å². The van der Waals surface area contributed by atoms with E-state index in [0.717, 1.165) is 16.8 Å². The summed E-state index contributed by atoms with van der Waals surface area (Å²) in [6, 6.07) is 16.8. The van der Waals surface area contributed by atoms with E-state index in [0.29, 0.717) is 13.0 Å². The summed E-state index contributed by atoms with van der Waals surface area (Å²) in [5.74, 6) is -0.0404. The molecule has 6 heteroatoms. The molecular formula is C19H20N2O3S. The van der Waals surface area contributed by atoms with Gasteiger partial charge in [0.05, 0.1) is 11.2 Å². The number of para-hydroxylation sites is 1. The largest absolute Gasteiger partial charge is 0.314 e. The van der Waals surface area contributed by atoms with Gasteiger partial charge in [-0.2, -0.15) is 0 Å². The predicted molar refractivity (Wildman–Crippen MR) is 96.8 cm³/mol. The molecule has 2 aliphatic heterocycles. The van der Waals surface area contributed by atoms with Crippen LogP contribution in [-0.2, 0) is 26.0 Å². The lowest BCUT2D eigenvalue weighted by atomic mass is 9.81. The van der Waals surface area contributed by atoms with Gasteiger partial charge in [0, 0.05) is 25.8 Å². The Bertz CT molecular complexity index is 927. The third-order valence-electron chi connectivity index (χ3n) is 5.31. The molecule has 130 valence electrons. The third-order valence-corrected chi connectivity index (χ3v) is 7.11. The fraction of sp³-hybridized carbons (Fsp3) is 0.316. The Kier molecular flexibility index (Phi) is 3.70. The summed E-state index contributed by atoms with van der Waals surface area (Å²) in [6.07, 6.45) is 0.529. The number of likely N-dealkylation sites (N-methyl/N-ethyl adjacent to an activating group) is 1. The number of benzene rings is 2. The predicted octanol–water partition coefficient (Wildman–Crippen LogP) is 2.14. The highest BCUT2D eigenvalue weighted by Gasteiger charge is 2.55. The van der Waals surface area contributed by atoms with Crippen molar-refractivity contribution in [1.82, 2.24) is 4.31 Å². The molecule has 5 nitrogen and oxygen atoms in total. The molecule has 25 heavy (non-hydrogen) atoms. The van der Waals surface area contributed by atoms with Gasteiger partial charge in [0.15, 0.2) is 0 Å². The molecule has 2 aromatic carbocycles. The smallest absolute Gasteiger partial charge is 0.238 e. The fourth-order valence-corrected chi connectivity index (χ4v) is 5.58. The highest BCUT2D eigenvalue weighted by atomic mass is 32.2. The zero-order chi connectivity index (χ0) is 17.7. The van der Waals surface area contributed by atoms with Crippen LogP contribution in [0.5, 0.6) is 0 Å². The van der Waals surface area contributed by atoms with Crippen molar-refractivity contribution in [3.05, 3.63) is 65.7 Å². The zero-order valence-electron chi connectivity index (χ0n) is 14.1. The van der Waals surface area contributed by atoms with Crippen molar-refractivity contribution in [2.24, 2.45) is 0 Å². The molecule has 1 atom stereocenters. The summed E-state index contributed by atoms with van der Waals surface area (Å²) >= 11 is 0. The third kappa shape index (κ3) is 2.48. The van der Waals surface area contributed by atoms with Crippen LogP contribution in [0.25, 0.3) is 0 Å². The first-order chi connectivity index (χ1) is 11.9. The van der Waals surface area contributed by atoms with Crippen LogP contribution in [-0.4, -0.2) is 38.8 Å². The van der Waals surface area contributed by atoms with Crippen molar-refractivity contribution >= 4 is 21.6 Å². The number of fused-ring (bicyclic) bond motifs is 2. The zero-order valence-corrected chi connectivity index (χ0v) is 14.9. The SMILES string of the molecule is CN1C(=O)C2(CCN(S(=O)(=O)Cc3ccccc3)C2)c2ccccc21. The lowest BCUT2D eigenvalue weighted by molar-refractivity contribution is -0.122. The number of amides is 1. The highest BCUT2D eigenvalue weighted by Crippen LogP contribution is 2.47. The molecule has 2 heterocycles. The number of rotatable bonds is 3. The maximum absolute atomic E-state index is 12.9. The molecule has 1 saturated heterocycles. The Morgan fingerprint density at radius 2 is 1.72 bits per heavy atom. The van der Waals surface area contributed by atoms with Crippen molar-refractivity contribution in [1.29, 1.82) is 0 Å². The monoisotopic (exact) mass is 356 g/mol. The molecule has 2 aromatic rings. The van der Waals surface area contributed by atoms with Crippen LogP contribution in [0.1, 0.15) is 17.5 Å². The van der Waals surface area contributed by atoms with Gasteiger partial charge in [-0.15, -0.1) is 0 Å². The van der Waals surface area contributed by atoms with E-state index in [4.69, 9.17) is 0 Å². The summed E-state index contributed by atoms with van der Waals surface area (Å²) in [6.45, 7) is 0.603. The van der Waals surface area contributed by atoms with Crippen molar-refractivity contribution < 1.29 is 13.2 Å². The van der Waals surface area contributed by atoms with E-state index in [9.17, 15) is 13.2 Å². The van der Waals surface area contributed by atoms with Crippen molar-refractivity contribution in [2.45, 2.75) is 17.6 Å². The maximum Gasteiger partial charge on any atom is 0.238 e. The van der Waals surface area contributed by atoms with E-state index in [1.165, 1.54) is 4.31 Å². The number of hydrogen-bond acceptors (Lipinski definition) is 3. The van der Waals surface area contributed by atoms with Gasteiger partial charge in [-0.05, 0) is 23.6 Å². The first kappa shape index (κ1) is 16.3. The number of nitrogens with zero attached hydrogens (tertiary/aromatic N) is 2. The molecule has 0 aliphatic carbocycles. The average Bonchev–Trinajstić information content (AvgIpc) is 3.15. The van der Waals surface area contributed by atoms with Crippen LogP contribution in [0.2, 0.25) is 0 Å². The second-order valence-corrected chi connectivity index (χ2v) is 8.76. The molecule has 1 spiro atoms. The van der Waals surface area contributed by atoms with E-state index < -0.39 is 15.4 Å². The highest BCUT2D eigenvalue weighted by molar-refractivity contribution is 7.88. The average molecular weight is 356 g/mol.